The van der Waals surface area contributed by atoms with E-state index >= 15 is 0 Å². The highest BCUT2D eigenvalue weighted by molar-refractivity contribution is 5.88. The van der Waals surface area contributed by atoms with E-state index in [1.54, 1.807) is 0 Å². The Balaban J connectivity index is 1.46. The van der Waals surface area contributed by atoms with Crippen molar-refractivity contribution in [1.29, 1.82) is 0 Å². The van der Waals surface area contributed by atoms with E-state index in [1.165, 1.54) is 0 Å². The first-order chi connectivity index (χ1) is 13.1. The lowest BCUT2D eigenvalue weighted by Crippen LogP contribution is -2.48. The lowest BCUT2D eigenvalue weighted by atomic mass is 9.93. The second-order valence-corrected chi connectivity index (χ2v) is 6.79. The lowest BCUT2D eigenvalue weighted by Gasteiger charge is -2.28. The molecule has 1 aliphatic rings. The molecule has 6 nitrogen and oxygen atoms in total. The molecular formula is C21H25NO5. The number of nitrogens with one attached hydrogen (secondary N) is 1. The average molecular weight is 371 g/mol. The van der Waals surface area contributed by atoms with E-state index in [0.717, 1.165) is 29.4 Å². The molecule has 1 amide bonds. The van der Waals surface area contributed by atoms with Crippen LogP contribution in [0.5, 0.6) is 5.75 Å². The molecule has 2 N–H and O–H groups in total. The average Bonchev–Trinajstić information content (AvgIpc) is 2.70. The second-order valence-electron chi connectivity index (χ2n) is 6.79. The van der Waals surface area contributed by atoms with Crippen molar-refractivity contribution in [2.24, 2.45) is 5.92 Å². The summed E-state index contributed by atoms with van der Waals surface area (Å²) in [5.41, 5.74) is 0. The molecule has 0 aromatic heterocycles. The monoisotopic (exact) mass is 371 g/mol. The SMILES string of the molecule is O=C(CCCOc1cccc2ccccc12)NC(C(=O)O)C1CCCOC1. The van der Waals surface area contributed by atoms with Gasteiger partial charge in [-0.15, -0.1) is 0 Å². The maximum atomic E-state index is 12.2. The third-order valence-corrected chi connectivity index (χ3v) is 4.80. The first-order valence-corrected chi connectivity index (χ1v) is 9.35. The molecule has 0 bridgehead atoms. The van der Waals surface area contributed by atoms with Crippen LogP contribution >= 0.6 is 0 Å². The molecule has 2 unspecified atom stereocenters. The molecule has 2 aromatic rings. The lowest BCUT2D eigenvalue weighted by molar-refractivity contribution is -0.145. The van der Waals surface area contributed by atoms with Crippen molar-refractivity contribution in [3.05, 3.63) is 42.5 Å². The number of fused-ring (bicyclic) bond motifs is 1. The highest BCUT2D eigenvalue weighted by atomic mass is 16.5. The molecule has 0 radical (unpaired) electrons. The molecule has 0 saturated carbocycles. The number of hydrogen-bond acceptors (Lipinski definition) is 4. The van der Waals surface area contributed by atoms with Gasteiger partial charge in [0.15, 0.2) is 0 Å². The first kappa shape index (κ1) is 19.2. The van der Waals surface area contributed by atoms with Gasteiger partial charge in [0.2, 0.25) is 5.91 Å². The van der Waals surface area contributed by atoms with Crippen LogP contribution < -0.4 is 10.1 Å². The molecule has 2 atom stereocenters. The van der Waals surface area contributed by atoms with Crippen molar-refractivity contribution >= 4 is 22.6 Å². The molecule has 1 fully saturated rings. The number of carbonyl (C=O) groups is 2. The van der Waals surface area contributed by atoms with E-state index in [9.17, 15) is 14.7 Å². The zero-order valence-corrected chi connectivity index (χ0v) is 15.2. The molecule has 27 heavy (non-hydrogen) atoms. The van der Waals surface area contributed by atoms with Crippen molar-refractivity contribution in [3.8, 4) is 5.75 Å². The Morgan fingerprint density at radius 1 is 1.22 bits per heavy atom. The normalized spacial score (nSPS) is 18.0. The Kier molecular flexibility index (Phi) is 6.65. The quantitative estimate of drug-likeness (QED) is 0.697. The maximum absolute atomic E-state index is 12.2. The van der Waals surface area contributed by atoms with Gasteiger partial charge in [0, 0.05) is 24.3 Å². The molecular weight excluding hydrogens is 346 g/mol. The van der Waals surface area contributed by atoms with Gasteiger partial charge in [-0.25, -0.2) is 4.79 Å². The molecule has 3 rings (SSSR count). The number of ether oxygens (including phenoxy) is 2. The predicted octanol–water partition coefficient (Wildman–Crippen LogP) is 2.99. The summed E-state index contributed by atoms with van der Waals surface area (Å²) >= 11 is 0. The van der Waals surface area contributed by atoms with Gasteiger partial charge in [-0.2, -0.15) is 0 Å². The van der Waals surface area contributed by atoms with Gasteiger partial charge in [-0.1, -0.05) is 36.4 Å². The number of rotatable bonds is 8. The van der Waals surface area contributed by atoms with Gasteiger partial charge >= 0.3 is 5.97 Å². The summed E-state index contributed by atoms with van der Waals surface area (Å²) in [5, 5.41) is 14.2. The van der Waals surface area contributed by atoms with Crippen LogP contribution in [0.25, 0.3) is 10.8 Å². The summed E-state index contributed by atoms with van der Waals surface area (Å²) in [6, 6.07) is 12.9. The summed E-state index contributed by atoms with van der Waals surface area (Å²) in [4.78, 5) is 23.6. The summed E-state index contributed by atoms with van der Waals surface area (Å²) in [6.45, 7) is 1.43. The smallest absolute Gasteiger partial charge is 0.326 e. The van der Waals surface area contributed by atoms with Crippen LogP contribution in [-0.2, 0) is 14.3 Å². The Labute approximate surface area is 158 Å². The third-order valence-electron chi connectivity index (χ3n) is 4.80. The largest absolute Gasteiger partial charge is 0.493 e. The van der Waals surface area contributed by atoms with Crippen molar-refractivity contribution < 1.29 is 24.2 Å². The highest BCUT2D eigenvalue weighted by Gasteiger charge is 2.31. The number of carbonyl (C=O) groups excluding carboxylic acids is 1. The Hall–Kier alpha value is -2.60. The number of carboxylic acids is 1. The number of amides is 1. The molecule has 1 aliphatic heterocycles. The van der Waals surface area contributed by atoms with E-state index in [-0.39, 0.29) is 18.2 Å². The Morgan fingerprint density at radius 3 is 2.81 bits per heavy atom. The van der Waals surface area contributed by atoms with Gasteiger partial charge < -0.3 is 19.9 Å². The fourth-order valence-corrected chi connectivity index (χ4v) is 3.39. The zero-order chi connectivity index (χ0) is 19.1. The van der Waals surface area contributed by atoms with Crippen molar-refractivity contribution in [2.75, 3.05) is 19.8 Å². The number of hydrogen-bond donors (Lipinski definition) is 2. The van der Waals surface area contributed by atoms with Crippen LogP contribution in [-0.4, -0.2) is 42.8 Å². The Morgan fingerprint density at radius 2 is 2.04 bits per heavy atom. The van der Waals surface area contributed by atoms with E-state index in [4.69, 9.17) is 9.47 Å². The molecule has 0 spiro atoms. The molecule has 6 heteroatoms. The van der Waals surface area contributed by atoms with Crippen LogP contribution in [0, 0.1) is 5.92 Å². The minimum atomic E-state index is -1.01. The second kappa shape index (κ2) is 9.37. The molecule has 1 heterocycles. The minimum Gasteiger partial charge on any atom is -0.493 e. The molecule has 0 aliphatic carbocycles. The fourth-order valence-electron chi connectivity index (χ4n) is 3.39. The zero-order valence-electron chi connectivity index (χ0n) is 15.2. The Bertz CT molecular complexity index is 780. The topological polar surface area (TPSA) is 84.9 Å². The van der Waals surface area contributed by atoms with Gasteiger partial charge in [0.1, 0.15) is 11.8 Å². The van der Waals surface area contributed by atoms with Crippen LogP contribution in [0.15, 0.2) is 42.5 Å². The van der Waals surface area contributed by atoms with Gasteiger partial charge in [0.25, 0.3) is 0 Å². The standard InChI is InChI=1S/C21H25NO5/c23-19(22-20(21(24)25)16-8-4-12-26-14-16)11-5-13-27-18-10-3-7-15-6-1-2-9-17(15)18/h1-3,6-7,9-10,16,20H,4-5,8,11-14H2,(H,22,23)(H,24,25). The summed E-state index contributed by atoms with van der Waals surface area (Å²) in [7, 11) is 0. The van der Waals surface area contributed by atoms with Crippen molar-refractivity contribution in [3.63, 3.8) is 0 Å². The molecule has 144 valence electrons. The third kappa shape index (κ3) is 5.20. The van der Waals surface area contributed by atoms with Gasteiger partial charge in [0.05, 0.1) is 13.2 Å². The summed E-state index contributed by atoms with van der Waals surface area (Å²) < 4.78 is 11.2. The van der Waals surface area contributed by atoms with Crippen LogP contribution in [0.1, 0.15) is 25.7 Å². The first-order valence-electron chi connectivity index (χ1n) is 9.35. The fraction of sp³-hybridized carbons (Fsp3) is 0.429. The van der Waals surface area contributed by atoms with E-state index in [0.29, 0.717) is 26.2 Å². The summed E-state index contributed by atoms with van der Waals surface area (Å²) in [6.07, 6.45) is 2.31. The number of benzene rings is 2. The highest BCUT2D eigenvalue weighted by Crippen LogP contribution is 2.25. The summed E-state index contributed by atoms with van der Waals surface area (Å²) in [5.74, 6) is -0.663. The number of carboxylic acid groups (broad SMARTS) is 1. The van der Waals surface area contributed by atoms with E-state index in [1.807, 2.05) is 42.5 Å². The predicted molar refractivity (Wildman–Crippen MR) is 102 cm³/mol. The number of aliphatic carboxylic acids is 1. The maximum Gasteiger partial charge on any atom is 0.326 e. The van der Waals surface area contributed by atoms with Gasteiger partial charge in [-0.3, -0.25) is 4.79 Å². The molecule has 1 saturated heterocycles. The van der Waals surface area contributed by atoms with Crippen LogP contribution in [0.4, 0.5) is 0 Å². The van der Waals surface area contributed by atoms with Crippen LogP contribution in [0.2, 0.25) is 0 Å². The minimum absolute atomic E-state index is 0.174. The van der Waals surface area contributed by atoms with E-state index in [2.05, 4.69) is 5.32 Å². The molecule has 2 aromatic carbocycles. The van der Waals surface area contributed by atoms with Gasteiger partial charge in [-0.05, 0) is 30.7 Å². The van der Waals surface area contributed by atoms with Crippen LogP contribution in [0.3, 0.4) is 0 Å². The van der Waals surface area contributed by atoms with Crippen molar-refractivity contribution in [1.82, 2.24) is 5.32 Å². The van der Waals surface area contributed by atoms with Crippen molar-refractivity contribution in [2.45, 2.75) is 31.7 Å². The van der Waals surface area contributed by atoms with E-state index < -0.39 is 12.0 Å².